The zero-order chi connectivity index (χ0) is 17.1. The first kappa shape index (κ1) is 16.0. The Morgan fingerprint density at radius 2 is 1.72 bits per heavy atom. The van der Waals surface area contributed by atoms with Crippen LogP contribution in [0.1, 0.15) is 18.4 Å². The van der Waals surface area contributed by atoms with Crippen LogP contribution in [-0.2, 0) is 10.2 Å². The molecule has 1 fully saturated rings. The fourth-order valence-electron chi connectivity index (χ4n) is 3.44. The van der Waals surface area contributed by atoms with E-state index in [1.54, 1.807) is 6.20 Å². The van der Waals surface area contributed by atoms with Crippen molar-refractivity contribution in [2.75, 3.05) is 25.1 Å². The van der Waals surface area contributed by atoms with Crippen LogP contribution in [0.4, 0.5) is 10.2 Å². The molecule has 4 nitrogen and oxygen atoms in total. The Kier molecular flexibility index (Phi) is 4.32. The number of rotatable bonds is 4. The first-order valence-electron chi connectivity index (χ1n) is 8.55. The number of para-hydroxylation sites is 2. The first-order valence-corrected chi connectivity index (χ1v) is 8.55. The molecule has 0 atom stereocenters. The maximum Gasteiger partial charge on any atom is 0.145 e. The molecule has 0 saturated carbocycles. The molecule has 0 radical (unpaired) electrons. The highest BCUT2D eigenvalue weighted by molar-refractivity contribution is 5.75. The second-order valence-electron chi connectivity index (χ2n) is 6.50. The predicted molar refractivity (Wildman–Crippen MR) is 96.2 cm³/mol. The number of ether oxygens (including phenoxy) is 1. The molecule has 0 aliphatic carbocycles. The summed E-state index contributed by atoms with van der Waals surface area (Å²) in [4.78, 5) is 9.09. The minimum absolute atomic E-state index is 0.0841. The lowest BCUT2D eigenvalue weighted by atomic mass is 9.74. The molecule has 1 N–H and O–H groups in total. The van der Waals surface area contributed by atoms with Gasteiger partial charge in [0, 0.05) is 25.2 Å². The van der Waals surface area contributed by atoms with E-state index in [1.165, 1.54) is 12.1 Å². The van der Waals surface area contributed by atoms with Crippen LogP contribution in [0, 0.1) is 5.82 Å². The van der Waals surface area contributed by atoms with Crippen LogP contribution >= 0.6 is 0 Å². The van der Waals surface area contributed by atoms with Gasteiger partial charge in [-0.05, 0) is 42.7 Å². The third-order valence-electron chi connectivity index (χ3n) is 4.96. The molecule has 1 saturated heterocycles. The van der Waals surface area contributed by atoms with E-state index in [2.05, 4.69) is 15.3 Å². The molecule has 0 unspecified atom stereocenters. The van der Waals surface area contributed by atoms with E-state index >= 15 is 0 Å². The molecule has 3 aromatic rings. The molecule has 1 aromatic heterocycles. The van der Waals surface area contributed by atoms with Gasteiger partial charge >= 0.3 is 0 Å². The molecular formula is C20H20FN3O. The van der Waals surface area contributed by atoms with Crippen LogP contribution in [0.3, 0.4) is 0 Å². The molecule has 0 spiro atoms. The summed E-state index contributed by atoms with van der Waals surface area (Å²) >= 11 is 0. The van der Waals surface area contributed by atoms with Gasteiger partial charge in [-0.1, -0.05) is 24.3 Å². The summed E-state index contributed by atoms with van der Waals surface area (Å²) in [6.45, 7) is 2.14. The Morgan fingerprint density at radius 1 is 1.00 bits per heavy atom. The van der Waals surface area contributed by atoms with Crippen molar-refractivity contribution in [3.05, 3.63) is 66.1 Å². The van der Waals surface area contributed by atoms with E-state index in [4.69, 9.17) is 4.74 Å². The largest absolute Gasteiger partial charge is 0.381 e. The molecule has 5 heteroatoms. The van der Waals surface area contributed by atoms with Crippen molar-refractivity contribution in [3.63, 3.8) is 0 Å². The van der Waals surface area contributed by atoms with E-state index < -0.39 is 0 Å². The molecule has 0 bridgehead atoms. The van der Waals surface area contributed by atoms with Gasteiger partial charge in [-0.3, -0.25) is 4.98 Å². The van der Waals surface area contributed by atoms with E-state index in [-0.39, 0.29) is 11.2 Å². The van der Waals surface area contributed by atoms with Gasteiger partial charge in [0.1, 0.15) is 11.6 Å². The molecule has 25 heavy (non-hydrogen) atoms. The van der Waals surface area contributed by atoms with Crippen LogP contribution in [0.5, 0.6) is 0 Å². The third-order valence-corrected chi connectivity index (χ3v) is 4.96. The number of benzene rings is 2. The second-order valence-corrected chi connectivity index (χ2v) is 6.50. The van der Waals surface area contributed by atoms with Crippen LogP contribution in [0.15, 0.2) is 54.7 Å². The Hall–Kier alpha value is -2.53. The molecule has 1 aliphatic rings. The summed E-state index contributed by atoms with van der Waals surface area (Å²) in [5.41, 5.74) is 2.81. The van der Waals surface area contributed by atoms with E-state index in [0.717, 1.165) is 41.8 Å². The molecule has 0 amide bonds. The Labute approximate surface area is 146 Å². The van der Waals surface area contributed by atoms with E-state index in [1.807, 2.05) is 36.4 Å². The van der Waals surface area contributed by atoms with E-state index in [0.29, 0.717) is 13.2 Å². The fraction of sp³-hybridized carbons (Fsp3) is 0.300. The lowest BCUT2D eigenvalue weighted by Crippen LogP contribution is -2.40. The topological polar surface area (TPSA) is 47.0 Å². The minimum atomic E-state index is -0.209. The Balaban J connectivity index is 1.58. The number of nitrogens with one attached hydrogen (secondary N) is 1. The highest BCUT2D eigenvalue weighted by Gasteiger charge is 2.34. The van der Waals surface area contributed by atoms with Crippen molar-refractivity contribution < 1.29 is 9.13 Å². The summed E-state index contributed by atoms with van der Waals surface area (Å²) in [7, 11) is 0. The maximum atomic E-state index is 13.3. The number of nitrogens with zero attached hydrogens (tertiary/aromatic N) is 2. The Morgan fingerprint density at radius 3 is 2.48 bits per heavy atom. The average molecular weight is 337 g/mol. The van der Waals surface area contributed by atoms with Gasteiger partial charge in [0.25, 0.3) is 0 Å². The lowest BCUT2D eigenvalue weighted by Gasteiger charge is -2.38. The van der Waals surface area contributed by atoms with Gasteiger partial charge in [-0.15, -0.1) is 0 Å². The summed E-state index contributed by atoms with van der Waals surface area (Å²) in [6, 6.07) is 14.6. The number of halogens is 1. The summed E-state index contributed by atoms with van der Waals surface area (Å²) in [5, 5.41) is 3.44. The third kappa shape index (κ3) is 3.33. The number of aromatic nitrogens is 2. The van der Waals surface area contributed by atoms with Crippen molar-refractivity contribution >= 4 is 16.9 Å². The standard InChI is InChI=1S/C20H20FN3O/c21-16-7-5-15(6-8-16)20(9-11-25-12-10-20)14-23-19-13-22-17-3-1-2-4-18(17)24-19/h1-8,13H,9-12,14H2,(H,23,24). The smallest absolute Gasteiger partial charge is 0.145 e. The highest BCUT2D eigenvalue weighted by Crippen LogP contribution is 2.35. The summed E-state index contributed by atoms with van der Waals surface area (Å²) < 4.78 is 18.9. The normalized spacial score (nSPS) is 16.7. The predicted octanol–water partition coefficient (Wildman–Crippen LogP) is 3.93. The average Bonchev–Trinajstić information content (AvgIpc) is 2.67. The first-order chi connectivity index (χ1) is 12.3. The molecule has 4 rings (SSSR count). The van der Waals surface area contributed by atoms with Gasteiger partial charge in [0.05, 0.1) is 17.2 Å². The van der Waals surface area contributed by atoms with Crippen molar-refractivity contribution in [2.45, 2.75) is 18.3 Å². The monoisotopic (exact) mass is 337 g/mol. The van der Waals surface area contributed by atoms with Gasteiger partial charge < -0.3 is 10.1 Å². The van der Waals surface area contributed by atoms with Crippen LogP contribution in [0.2, 0.25) is 0 Å². The molecule has 128 valence electrons. The molecule has 2 heterocycles. The molecule has 1 aliphatic heterocycles. The zero-order valence-corrected chi connectivity index (χ0v) is 13.9. The number of anilines is 1. The van der Waals surface area contributed by atoms with Crippen LogP contribution in [-0.4, -0.2) is 29.7 Å². The van der Waals surface area contributed by atoms with Gasteiger partial charge in [0.15, 0.2) is 0 Å². The van der Waals surface area contributed by atoms with Gasteiger partial charge in [-0.2, -0.15) is 0 Å². The number of hydrogen-bond acceptors (Lipinski definition) is 4. The fourth-order valence-corrected chi connectivity index (χ4v) is 3.44. The molecule has 2 aromatic carbocycles. The second kappa shape index (κ2) is 6.76. The quantitative estimate of drug-likeness (QED) is 0.784. The van der Waals surface area contributed by atoms with E-state index in [9.17, 15) is 4.39 Å². The lowest BCUT2D eigenvalue weighted by molar-refractivity contribution is 0.0543. The van der Waals surface area contributed by atoms with Gasteiger partial charge in [0.2, 0.25) is 0 Å². The van der Waals surface area contributed by atoms with Crippen LogP contribution in [0.25, 0.3) is 11.0 Å². The maximum absolute atomic E-state index is 13.3. The summed E-state index contributed by atoms with van der Waals surface area (Å²) in [6.07, 6.45) is 3.55. The Bertz CT molecular complexity index is 860. The minimum Gasteiger partial charge on any atom is -0.381 e. The number of hydrogen-bond donors (Lipinski definition) is 1. The molecular weight excluding hydrogens is 317 g/mol. The number of fused-ring (bicyclic) bond motifs is 1. The SMILES string of the molecule is Fc1ccc(C2(CNc3cnc4ccccc4n3)CCOCC2)cc1. The zero-order valence-electron chi connectivity index (χ0n) is 13.9. The van der Waals surface area contributed by atoms with Crippen molar-refractivity contribution in [3.8, 4) is 0 Å². The van der Waals surface area contributed by atoms with Crippen molar-refractivity contribution in [1.82, 2.24) is 9.97 Å². The van der Waals surface area contributed by atoms with Crippen molar-refractivity contribution in [2.24, 2.45) is 0 Å². The summed E-state index contributed by atoms with van der Waals surface area (Å²) in [5.74, 6) is 0.547. The highest BCUT2D eigenvalue weighted by atomic mass is 19.1. The van der Waals surface area contributed by atoms with Crippen molar-refractivity contribution in [1.29, 1.82) is 0 Å². The van der Waals surface area contributed by atoms with Gasteiger partial charge in [-0.25, -0.2) is 9.37 Å². The van der Waals surface area contributed by atoms with Crippen LogP contribution < -0.4 is 5.32 Å².